The highest BCUT2D eigenvalue weighted by Gasteiger charge is 2.30. The Morgan fingerprint density at radius 1 is 1.31 bits per heavy atom. The molecule has 0 unspecified atom stereocenters. The number of rotatable bonds is 6. The van der Waals surface area contributed by atoms with E-state index in [1.165, 1.54) is 0 Å². The van der Waals surface area contributed by atoms with E-state index in [4.69, 9.17) is 4.74 Å². The van der Waals surface area contributed by atoms with E-state index < -0.39 is 5.41 Å². The molecule has 0 atom stereocenters. The molecule has 0 fully saturated rings. The molecule has 0 spiro atoms. The fraction of sp³-hybridized carbons (Fsp3) is 0.818. The average Bonchev–Trinajstić information content (AvgIpc) is 2.17. The van der Waals surface area contributed by atoms with E-state index in [9.17, 15) is 4.79 Å². The van der Waals surface area contributed by atoms with Crippen molar-refractivity contribution in [1.82, 2.24) is 0 Å². The summed E-state index contributed by atoms with van der Waals surface area (Å²) in [5, 5.41) is 0. The molecule has 0 aromatic carbocycles. The van der Waals surface area contributed by atoms with E-state index in [0.717, 1.165) is 25.7 Å². The maximum atomic E-state index is 11.5. The quantitative estimate of drug-likeness (QED) is 0.469. The second-order valence-corrected chi connectivity index (χ2v) is 3.48. The molecule has 77 valence electrons. The van der Waals surface area contributed by atoms with Gasteiger partial charge in [0.05, 0.1) is 12.0 Å². The number of carbonyl (C=O) groups is 1. The van der Waals surface area contributed by atoms with Crippen LogP contribution in [-0.2, 0) is 9.53 Å². The number of hydrogen-bond donors (Lipinski definition) is 0. The summed E-state index contributed by atoms with van der Waals surface area (Å²) in [6.07, 6.45) is 3.48. The highest BCUT2D eigenvalue weighted by Crippen LogP contribution is 2.26. The van der Waals surface area contributed by atoms with Crippen LogP contribution in [0, 0.1) is 12.3 Å². The molecule has 0 aliphatic carbocycles. The van der Waals surface area contributed by atoms with Crippen molar-refractivity contribution in [1.29, 1.82) is 0 Å². The zero-order valence-electron chi connectivity index (χ0n) is 9.06. The first kappa shape index (κ1) is 12.5. The van der Waals surface area contributed by atoms with Crippen LogP contribution in [0.2, 0.25) is 0 Å². The van der Waals surface area contributed by atoms with E-state index in [1.807, 2.05) is 13.8 Å². The molecule has 0 saturated heterocycles. The van der Waals surface area contributed by atoms with Crippen molar-refractivity contribution in [2.75, 3.05) is 6.61 Å². The number of hydrogen-bond acceptors (Lipinski definition) is 2. The first-order valence-electron chi connectivity index (χ1n) is 5.13. The van der Waals surface area contributed by atoms with E-state index in [1.54, 1.807) is 0 Å². The van der Waals surface area contributed by atoms with Crippen LogP contribution in [0.15, 0.2) is 0 Å². The smallest absolute Gasteiger partial charge is 0.312 e. The minimum absolute atomic E-state index is 0.147. The zero-order valence-corrected chi connectivity index (χ0v) is 9.06. The number of ether oxygens (including phenoxy) is 1. The monoisotopic (exact) mass is 185 g/mol. The lowest BCUT2D eigenvalue weighted by Gasteiger charge is -2.23. The lowest BCUT2D eigenvalue weighted by atomic mass is 9.85. The normalized spacial score (nSPS) is 11.4. The van der Waals surface area contributed by atoms with Gasteiger partial charge < -0.3 is 4.74 Å². The predicted octanol–water partition coefficient (Wildman–Crippen LogP) is 2.97. The van der Waals surface area contributed by atoms with Crippen LogP contribution in [0.5, 0.6) is 0 Å². The minimum Gasteiger partial charge on any atom is -0.465 e. The lowest BCUT2D eigenvalue weighted by Crippen LogP contribution is -2.29. The van der Waals surface area contributed by atoms with E-state index in [0.29, 0.717) is 6.61 Å². The molecule has 13 heavy (non-hydrogen) atoms. The third kappa shape index (κ3) is 3.79. The number of unbranched alkanes of at least 4 members (excludes halogenated alkanes) is 1. The fourth-order valence-corrected chi connectivity index (χ4v) is 1.00. The third-order valence-corrected chi connectivity index (χ3v) is 2.52. The molecule has 0 aromatic rings. The summed E-state index contributed by atoms with van der Waals surface area (Å²) >= 11 is 0. The van der Waals surface area contributed by atoms with Gasteiger partial charge in [-0.15, -0.1) is 0 Å². The molecule has 0 heterocycles. The molecule has 0 saturated carbocycles. The van der Waals surface area contributed by atoms with Crippen LogP contribution in [-0.4, -0.2) is 12.6 Å². The summed E-state index contributed by atoms with van der Waals surface area (Å²) in [6, 6.07) is 0. The van der Waals surface area contributed by atoms with Crippen molar-refractivity contribution < 1.29 is 9.53 Å². The minimum atomic E-state index is -0.520. The summed E-state index contributed by atoms with van der Waals surface area (Å²) in [5.41, 5.74) is -0.520. The van der Waals surface area contributed by atoms with Crippen LogP contribution in [0.4, 0.5) is 0 Å². The Hall–Kier alpha value is -0.530. The second kappa shape index (κ2) is 6.01. The zero-order chi connectivity index (χ0) is 10.3. The SMILES string of the molecule is [CH2]C(CC)(CC)C(=O)OCCCC. The molecule has 0 aliphatic heterocycles. The van der Waals surface area contributed by atoms with Crippen LogP contribution >= 0.6 is 0 Å². The maximum Gasteiger partial charge on any atom is 0.312 e. The first-order chi connectivity index (χ1) is 6.10. The Morgan fingerprint density at radius 3 is 2.23 bits per heavy atom. The van der Waals surface area contributed by atoms with Crippen LogP contribution < -0.4 is 0 Å². The van der Waals surface area contributed by atoms with Crippen LogP contribution in [0.1, 0.15) is 46.5 Å². The molecule has 2 nitrogen and oxygen atoms in total. The molecule has 0 aliphatic rings. The van der Waals surface area contributed by atoms with Gasteiger partial charge in [-0.3, -0.25) is 4.79 Å². The van der Waals surface area contributed by atoms with Crippen molar-refractivity contribution >= 4 is 5.97 Å². The fourth-order valence-electron chi connectivity index (χ4n) is 1.00. The van der Waals surface area contributed by atoms with Gasteiger partial charge in [0.25, 0.3) is 0 Å². The summed E-state index contributed by atoms with van der Waals surface area (Å²) < 4.78 is 5.13. The van der Waals surface area contributed by atoms with E-state index in [-0.39, 0.29) is 5.97 Å². The molecular formula is C11H21O2. The predicted molar refractivity (Wildman–Crippen MR) is 54.2 cm³/mol. The van der Waals surface area contributed by atoms with Crippen LogP contribution in [0.3, 0.4) is 0 Å². The highest BCUT2D eigenvalue weighted by molar-refractivity contribution is 5.77. The molecule has 0 N–H and O–H groups in total. The molecule has 0 aromatic heterocycles. The number of esters is 1. The van der Waals surface area contributed by atoms with Gasteiger partial charge >= 0.3 is 5.97 Å². The van der Waals surface area contributed by atoms with Gasteiger partial charge in [-0.2, -0.15) is 0 Å². The van der Waals surface area contributed by atoms with Gasteiger partial charge in [0.15, 0.2) is 0 Å². The molecule has 0 bridgehead atoms. The molecule has 0 rings (SSSR count). The summed E-state index contributed by atoms with van der Waals surface area (Å²) in [5.74, 6) is -0.147. The molecule has 0 amide bonds. The van der Waals surface area contributed by atoms with Gasteiger partial charge in [0, 0.05) is 0 Å². The number of carbonyl (C=O) groups excluding carboxylic acids is 1. The third-order valence-electron chi connectivity index (χ3n) is 2.52. The van der Waals surface area contributed by atoms with Crippen molar-refractivity contribution in [2.24, 2.45) is 5.41 Å². The molecule has 2 heteroatoms. The summed E-state index contributed by atoms with van der Waals surface area (Å²) in [7, 11) is 0. The standard InChI is InChI=1S/C11H21O2/c1-5-8-9-13-10(12)11(4,6-2)7-3/h4-9H2,1-3H3. The Labute approximate surface area is 81.7 Å². The van der Waals surface area contributed by atoms with Gasteiger partial charge in [-0.1, -0.05) is 27.2 Å². The summed E-state index contributed by atoms with van der Waals surface area (Å²) in [4.78, 5) is 11.5. The van der Waals surface area contributed by atoms with E-state index in [2.05, 4.69) is 13.8 Å². The first-order valence-corrected chi connectivity index (χ1v) is 5.13. The topological polar surface area (TPSA) is 26.3 Å². The molecule has 1 radical (unpaired) electrons. The second-order valence-electron chi connectivity index (χ2n) is 3.48. The highest BCUT2D eigenvalue weighted by atomic mass is 16.5. The van der Waals surface area contributed by atoms with Crippen LogP contribution in [0.25, 0.3) is 0 Å². The Kier molecular flexibility index (Phi) is 5.76. The van der Waals surface area contributed by atoms with Gasteiger partial charge in [-0.25, -0.2) is 0 Å². The Morgan fingerprint density at radius 2 is 1.85 bits per heavy atom. The lowest BCUT2D eigenvalue weighted by molar-refractivity contribution is -0.153. The van der Waals surface area contributed by atoms with Gasteiger partial charge in [0.2, 0.25) is 0 Å². The Bertz CT molecular complexity index is 148. The van der Waals surface area contributed by atoms with Gasteiger partial charge in [0.1, 0.15) is 0 Å². The van der Waals surface area contributed by atoms with Gasteiger partial charge in [-0.05, 0) is 26.2 Å². The largest absolute Gasteiger partial charge is 0.465 e. The summed E-state index contributed by atoms with van der Waals surface area (Å²) in [6.45, 7) is 10.5. The maximum absolute atomic E-state index is 11.5. The Balaban J connectivity index is 3.92. The molecular weight excluding hydrogens is 164 g/mol. The average molecular weight is 185 g/mol. The van der Waals surface area contributed by atoms with Crippen molar-refractivity contribution in [3.05, 3.63) is 6.92 Å². The van der Waals surface area contributed by atoms with Crippen molar-refractivity contribution in [3.63, 3.8) is 0 Å². The van der Waals surface area contributed by atoms with E-state index >= 15 is 0 Å². The van der Waals surface area contributed by atoms with Crippen molar-refractivity contribution in [2.45, 2.75) is 46.5 Å². The van der Waals surface area contributed by atoms with Crippen molar-refractivity contribution in [3.8, 4) is 0 Å².